The first-order valence-electron chi connectivity index (χ1n) is 5.74. The molecule has 19 heavy (non-hydrogen) atoms. The molecule has 0 saturated heterocycles. The molecule has 2 nitrogen and oxygen atoms in total. The van der Waals surface area contributed by atoms with Crippen molar-refractivity contribution in [2.45, 2.75) is 10.6 Å². The monoisotopic (exact) mass is 276 g/mol. The van der Waals surface area contributed by atoms with E-state index in [2.05, 4.69) is 4.74 Å². The Labute approximate surface area is 115 Å². The fourth-order valence-electron chi connectivity index (χ4n) is 1.58. The summed E-state index contributed by atoms with van der Waals surface area (Å²) in [5, 5.41) is 0. The molecule has 0 amide bonds. The number of hydrogen-bond donors (Lipinski definition) is 0. The van der Waals surface area contributed by atoms with Crippen molar-refractivity contribution in [3.8, 4) is 0 Å². The number of benzene rings is 2. The average Bonchev–Trinajstić information content (AvgIpc) is 2.46. The second kappa shape index (κ2) is 6.38. The number of carbonyl (C=O) groups excluding carboxylic acids is 1. The number of hydrogen-bond acceptors (Lipinski definition) is 3. The first-order chi connectivity index (χ1) is 9.19. The summed E-state index contributed by atoms with van der Waals surface area (Å²) in [5.41, 5.74) is 1.57. The van der Waals surface area contributed by atoms with Crippen LogP contribution in [0.4, 0.5) is 4.39 Å². The summed E-state index contributed by atoms with van der Waals surface area (Å²) < 4.78 is 17.4. The summed E-state index contributed by atoms with van der Waals surface area (Å²) in [6.45, 7) is 0. The van der Waals surface area contributed by atoms with E-state index in [1.807, 2.05) is 12.1 Å². The minimum atomic E-state index is -0.343. The Hall–Kier alpha value is -1.81. The highest BCUT2D eigenvalue weighted by Gasteiger charge is 2.05. The van der Waals surface area contributed by atoms with Crippen LogP contribution in [0.5, 0.6) is 0 Å². The number of methoxy groups -OCH3 is 1. The molecule has 2 aromatic rings. The van der Waals surface area contributed by atoms with Crippen molar-refractivity contribution in [3.05, 3.63) is 65.5 Å². The Balaban J connectivity index is 2.03. The van der Waals surface area contributed by atoms with Crippen molar-refractivity contribution in [2.24, 2.45) is 0 Å². The quantitative estimate of drug-likeness (QED) is 0.625. The molecular weight excluding hydrogens is 263 g/mol. The smallest absolute Gasteiger partial charge is 0.337 e. The Kier molecular flexibility index (Phi) is 4.58. The fourth-order valence-corrected chi connectivity index (χ4v) is 2.49. The van der Waals surface area contributed by atoms with Gasteiger partial charge in [-0.15, -0.1) is 11.8 Å². The molecule has 0 radical (unpaired) electrons. The third-order valence-electron chi connectivity index (χ3n) is 2.57. The number of halogens is 1. The highest BCUT2D eigenvalue weighted by molar-refractivity contribution is 7.98. The van der Waals surface area contributed by atoms with Crippen LogP contribution < -0.4 is 0 Å². The normalized spacial score (nSPS) is 10.2. The molecule has 0 aliphatic carbocycles. The minimum Gasteiger partial charge on any atom is -0.465 e. The van der Waals surface area contributed by atoms with Gasteiger partial charge >= 0.3 is 5.97 Å². The molecule has 0 aromatic heterocycles. The maximum Gasteiger partial charge on any atom is 0.337 e. The number of ether oxygens (including phenoxy) is 1. The molecule has 0 N–H and O–H groups in total. The van der Waals surface area contributed by atoms with Crippen LogP contribution in [-0.2, 0) is 10.5 Å². The maximum absolute atomic E-state index is 12.8. The second-order valence-corrected chi connectivity index (χ2v) is 4.98. The van der Waals surface area contributed by atoms with Crippen LogP contribution in [0.25, 0.3) is 0 Å². The van der Waals surface area contributed by atoms with E-state index < -0.39 is 0 Å². The summed E-state index contributed by atoms with van der Waals surface area (Å²) in [5.74, 6) is 0.149. The van der Waals surface area contributed by atoms with E-state index in [1.54, 1.807) is 36.0 Å². The Morgan fingerprint density at radius 1 is 1.21 bits per heavy atom. The van der Waals surface area contributed by atoms with Crippen LogP contribution in [0.2, 0.25) is 0 Å². The predicted molar refractivity (Wildman–Crippen MR) is 73.7 cm³/mol. The Morgan fingerprint density at radius 2 is 1.95 bits per heavy atom. The Bertz CT molecular complexity index is 567. The molecule has 0 aliphatic heterocycles. The van der Waals surface area contributed by atoms with Gasteiger partial charge < -0.3 is 4.74 Å². The molecule has 0 atom stereocenters. The number of rotatable bonds is 4. The molecular formula is C15H13FO2S. The van der Waals surface area contributed by atoms with Gasteiger partial charge in [0.05, 0.1) is 12.7 Å². The second-order valence-electron chi connectivity index (χ2n) is 3.93. The third-order valence-corrected chi connectivity index (χ3v) is 3.64. The van der Waals surface area contributed by atoms with Crippen molar-refractivity contribution in [1.82, 2.24) is 0 Å². The standard InChI is InChI=1S/C15H13FO2S/c1-18-15(17)12-3-2-4-14(9-12)19-10-11-5-7-13(16)8-6-11/h2-9H,10H2,1H3. The van der Waals surface area contributed by atoms with Gasteiger partial charge in [-0.1, -0.05) is 18.2 Å². The molecule has 2 aromatic carbocycles. The topological polar surface area (TPSA) is 26.3 Å². The summed E-state index contributed by atoms with van der Waals surface area (Å²) in [4.78, 5) is 12.4. The molecule has 0 fully saturated rings. The summed E-state index contributed by atoms with van der Waals surface area (Å²) >= 11 is 1.59. The summed E-state index contributed by atoms with van der Waals surface area (Å²) in [6, 6.07) is 13.7. The molecule has 0 unspecified atom stereocenters. The lowest BCUT2D eigenvalue weighted by Crippen LogP contribution is -2.00. The van der Waals surface area contributed by atoms with Gasteiger partial charge in [0.25, 0.3) is 0 Å². The molecule has 2 rings (SSSR count). The van der Waals surface area contributed by atoms with Crippen molar-refractivity contribution in [2.75, 3.05) is 7.11 Å². The van der Waals surface area contributed by atoms with Crippen molar-refractivity contribution < 1.29 is 13.9 Å². The fraction of sp³-hybridized carbons (Fsp3) is 0.133. The van der Waals surface area contributed by atoms with Crippen LogP contribution in [0.3, 0.4) is 0 Å². The van der Waals surface area contributed by atoms with Gasteiger partial charge in [-0.3, -0.25) is 0 Å². The van der Waals surface area contributed by atoms with E-state index >= 15 is 0 Å². The third kappa shape index (κ3) is 3.83. The zero-order valence-electron chi connectivity index (χ0n) is 10.4. The molecule has 98 valence electrons. The van der Waals surface area contributed by atoms with Gasteiger partial charge in [0.2, 0.25) is 0 Å². The van der Waals surface area contributed by atoms with Crippen LogP contribution in [0.15, 0.2) is 53.4 Å². The van der Waals surface area contributed by atoms with E-state index in [4.69, 9.17) is 0 Å². The lowest BCUT2D eigenvalue weighted by molar-refractivity contribution is 0.0600. The van der Waals surface area contributed by atoms with Crippen molar-refractivity contribution in [3.63, 3.8) is 0 Å². The highest BCUT2D eigenvalue weighted by Crippen LogP contribution is 2.23. The molecule has 0 spiro atoms. The van der Waals surface area contributed by atoms with E-state index in [0.717, 1.165) is 16.2 Å². The predicted octanol–water partition coefficient (Wildman–Crippen LogP) is 3.90. The summed E-state index contributed by atoms with van der Waals surface area (Å²) in [7, 11) is 1.36. The van der Waals surface area contributed by atoms with E-state index in [0.29, 0.717) is 5.56 Å². The van der Waals surface area contributed by atoms with Gasteiger partial charge in [0.15, 0.2) is 0 Å². The van der Waals surface area contributed by atoms with E-state index in [-0.39, 0.29) is 11.8 Å². The van der Waals surface area contributed by atoms with Crippen LogP contribution in [0, 0.1) is 5.82 Å². The van der Waals surface area contributed by atoms with Gasteiger partial charge in [-0.2, -0.15) is 0 Å². The van der Waals surface area contributed by atoms with Gasteiger partial charge in [0.1, 0.15) is 5.82 Å². The van der Waals surface area contributed by atoms with Crippen LogP contribution >= 0.6 is 11.8 Å². The highest BCUT2D eigenvalue weighted by atomic mass is 32.2. The number of esters is 1. The molecule has 4 heteroatoms. The van der Waals surface area contributed by atoms with Crippen molar-refractivity contribution >= 4 is 17.7 Å². The SMILES string of the molecule is COC(=O)c1cccc(SCc2ccc(F)cc2)c1. The van der Waals surface area contributed by atoms with Gasteiger partial charge in [-0.25, -0.2) is 9.18 Å². The summed E-state index contributed by atoms with van der Waals surface area (Å²) in [6.07, 6.45) is 0. The van der Waals surface area contributed by atoms with Crippen LogP contribution in [0.1, 0.15) is 15.9 Å². The zero-order valence-corrected chi connectivity index (χ0v) is 11.2. The molecule has 0 heterocycles. The number of thioether (sulfide) groups is 1. The lowest BCUT2D eigenvalue weighted by Gasteiger charge is -2.04. The Morgan fingerprint density at radius 3 is 2.63 bits per heavy atom. The average molecular weight is 276 g/mol. The molecule has 0 saturated carbocycles. The molecule has 0 bridgehead atoms. The van der Waals surface area contributed by atoms with E-state index in [1.165, 1.54) is 19.2 Å². The minimum absolute atomic E-state index is 0.235. The first kappa shape index (κ1) is 13.6. The molecule has 0 aliphatic rings. The van der Waals surface area contributed by atoms with Gasteiger partial charge in [-0.05, 0) is 35.9 Å². The maximum atomic E-state index is 12.8. The first-order valence-corrected chi connectivity index (χ1v) is 6.73. The van der Waals surface area contributed by atoms with Gasteiger partial charge in [0, 0.05) is 10.6 Å². The largest absolute Gasteiger partial charge is 0.465 e. The number of carbonyl (C=O) groups is 1. The zero-order chi connectivity index (χ0) is 13.7. The van der Waals surface area contributed by atoms with Crippen molar-refractivity contribution in [1.29, 1.82) is 0 Å². The van der Waals surface area contributed by atoms with Crippen LogP contribution in [-0.4, -0.2) is 13.1 Å². The van der Waals surface area contributed by atoms with E-state index in [9.17, 15) is 9.18 Å². The lowest BCUT2D eigenvalue weighted by atomic mass is 10.2.